The molecule has 1 aromatic rings. The predicted molar refractivity (Wildman–Crippen MR) is 68.2 cm³/mol. The van der Waals surface area contributed by atoms with Crippen molar-refractivity contribution in [1.29, 1.82) is 0 Å². The molecular formula is C13H22N2O2. The zero-order valence-electron chi connectivity index (χ0n) is 10.9. The quantitative estimate of drug-likeness (QED) is 0.736. The van der Waals surface area contributed by atoms with E-state index in [4.69, 9.17) is 15.2 Å². The minimum atomic E-state index is -0.209. The van der Waals surface area contributed by atoms with E-state index in [1.807, 2.05) is 39.1 Å². The highest BCUT2D eigenvalue weighted by Crippen LogP contribution is 2.12. The Labute approximate surface area is 103 Å². The normalized spacial score (nSPS) is 11.5. The Kier molecular flexibility index (Phi) is 5.38. The maximum absolute atomic E-state index is 5.94. The predicted octanol–water partition coefficient (Wildman–Crippen LogP) is 1.78. The van der Waals surface area contributed by atoms with Crippen molar-refractivity contribution in [2.45, 2.75) is 32.7 Å². The summed E-state index contributed by atoms with van der Waals surface area (Å²) in [7, 11) is 0. The first-order chi connectivity index (χ1) is 8.01. The van der Waals surface area contributed by atoms with E-state index in [-0.39, 0.29) is 5.54 Å². The van der Waals surface area contributed by atoms with Crippen LogP contribution in [0.1, 0.15) is 26.3 Å². The summed E-state index contributed by atoms with van der Waals surface area (Å²) in [6, 6.07) is 3.87. The first kappa shape index (κ1) is 13.9. The van der Waals surface area contributed by atoms with Crippen LogP contribution in [-0.2, 0) is 11.2 Å². The highest BCUT2D eigenvalue weighted by molar-refractivity contribution is 5.19. The lowest BCUT2D eigenvalue weighted by Gasteiger charge is -2.18. The summed E-state index contributed by atoms with van der Waals surface area (Å²) in [4.78, 5) is 4.23. The van der Waals surface area contributed by atoms with Crippen molar-refractivity contribution in [2.24, 2.45) is 5.73 Å². The minimum Gasteiger partial charge on any atom is -0.475 e. The highest BCUT2D eigenvalue weighted by atomic mass is 16.5. The summed E-state index contributed by atoms with van der Waals surface area (Å²) in [5.74, 6) is 0.628. The molecule has 17 heavy (non-hydrogen) atoms. The first-order valence-electron chi connectivity index (χ1n) is 5.95. The zero-order chi connectivity index (χ0) is 12.7. The number of hydrogen-bond acceptors (Lipinski definition) is 4. The molecular weight excluding hydrogens is 216 g/mol. The smallest absolute Gasteiger partial charge is 0.213 e. The third-order valence-electron chi connectivity index (χ3n) is 2.14. The van der Waals surface area contributed by atoms with E-state index in [0.29, 0.717) is 25.7 Å². The molecule has 4 heteroatoms. The molecule has 0 bridgehead atoms. The average molecular weight is 238 g/mol. The van der Waals surface area contributed by atoms with Gasteiger partial charge in [-0.05, 0) is 32.8 Å². The van der Waals surface area contributed by atoms with Gasteiger partial charge in [-0.15, -0.1) is 0 Å². The number of aromatic nitrogens is 1. The Hall–Kier alpha value is -1.13. The van der Waals surface area contributed by atoms with Gasteiger partial charge in [0.1, 0.15) is 6.61 Å². The molecule has 1 rings (SSSR count). The Bertz CT molecular complexity index is 317. The molecule has 0 spiro atoms. The molecule has 0 unspecified atom stereocenters. The fourth-order valence-electron chi connectivity index (χ4n) is 1.48. The number of rotatable bonds is 7. The summed E-state index contributed by atoms with van der Waals surface area (Å²) in [5.41, 5.74) is 6.85. The Morgan fingerprint density at radius 1 is 1.29 bits per heavy atom. The van der Waals surface area contributed by atoms with Crippen LogP contribution in [0.4, 0.5) is 0 Å². The molecule has 4 nitrogen and oxygen atoms in total. The van der Waals surface area contributed by atoms with Gasteiger partial charge in [-0.2, -0.15) is 0 Å². The number of nitrogens with zero attached hydrogens (tertiary/aromatic N) is 1. The van der Waals surface area contributed by atoms with Gasteiger partial charge in [0.25, 0.3) is 0 Å². The number of hydrogen-bond donors (Lipinski definition) is 1. The zero-order valence-corrected chi connectivity index (χ0v) is 10.9. The summed E-state index contributed by atoms with van der Waals surface area (Å²) in [6.07, 6.45) is 2.61. The molecule has 1 aromatic heterocycles. The van der Waals surface area contributed by atoms with E-state index < -0.39 is 0 Å². The van der Waals surface area contributed by atoms with Gasteiger partial charge < -0.3 is 15.2 Å². The molecule has 0 aliphatic carbocycles. The summed E-state index contributed by atoms with van der Waals surface area (Å²) >= 11 is 0. The summed E-state index contributed by atoms with van der Waals surface area (Å²) < 4.78 is 10.6. The van der Waals surface area contributed by atoms with E-state index in [0.717, 1.165) is 12.0 Å². The molecule has 96 valence electrons. The summed E-state index contributed by atoms with van der Waals surface area (Å²) in [5, 5.41) is 0. The van der Waals surface area contributed by atoms with Crippen LogP contribution in [0.5, 0.6) is 5.88 Å². The van der Waals surface area contributed by atoms with Gasteiger partial charge in [0.2, 0.25) is 5.88 Å². The minimum absolute atomic E-state index is 0.209. The Balaban J connectivity index is 2.39. The summed E-state index contributed by atoms with van der Waals surface area (Å²) in [6.45, 7) is 7.79. The van der Waals surface area contributed by atoms with Gasteiger partial charge >= 0.3 is 0 Å². The second kappa shape index (κ2) is 6.57. The molecule has 0 atom stereocenters. The van der Waals surface area contributed by atoms with Gasteiger partial charge in [0, 0.05) is 24.4 Å². The fraction of sp³-hybridized carbons (Fsp3) is 0.615. The van der Waals surface area contributed by atoms with Gasteiger partial charge in [0.15, 0.2) is 0 Å². The van der Waals surface area contributed by atoms with Crippen molar-refractivity contribution in [3.05, 3.63) is 23.9 Å². The van der Waals surface area contributed by atoms with Crippen LogP contribution in [0.2, 0.25) is 0 Å². The third-order valence-corrected chi connectivity index (χ3v) is 2.14. The number of ether oxygens (including phenoxy) is 2. The van der Waals surface area contributed by atoms with Crippen molar-refractivity contribution in [1.82, 2.24) is 4.98 Å². The van der Waals surface area contributed by atoms with Gasteiger partial charge in [-0.1, -0.05) is 6.07 Å². The third kappa shape index (κ3) is 6.24. The molecule has 1 heterocycles. The van der Waals surface area contributed by atoms with Crippen molar-refractivity contribution in [3.63, 3.8) is 0 Å². The maximum Gasteiger partial charge on any atom is 0.213 e. The lowest BCUT2D eigenvalue weighted by atomic mass is 9.98. The molecule has 0 radical (unpaired) electrons. The largest absolute Gasteiger partial charge is 0.475 e. The monoisotopic (exact) mass is 238 g/mol. The van der Waals surface area contributed by atoms with Crippen molar-refractivity contribution >= 4 is 0 Å². The lowest BCUT2D eigenvalue weighted by molar-refractivity contribution is 0.108. The van der Waals surface area contributed by atoms with Crippen LogP contribution in [0, 0.1) is 0 Å². The number of pyridine rings is 1. The van der Waals surface area contributed by atoms with E-state index in [2.05, 4.69) is 4.98 Å². The van der Waals surface area contributed by atoms with E-state index >= 15 is 0 Å². The lowest BCUT2D eigenvalue weighted by Crippen LogP contribution is -2.34. The van der Waals surface area contributed by atoms with E-state index in [9.17, 15) is 0 Å². The van der Waals surface area contributed by atoms with Gasteiger partial charge in [-0.3, -0.25) is 0 Å². The number of nitrogens with two attached hydrogens (primary N) is 1. The molecule has 0 aromatic carbocycles. The fourth-order valence-corrected chi connectivity index (χ4v) is 1.48. The second-order valence-electron chi connectivity index (χ2n) is 4.72. The molecule has 0 fully saturated rings. The maximum atomic E-state index is 5.94. The van der Waals surface area contributed by atoms with Crippen LogP contribution in [0.3, 0.4) is 0 Å². The van der Waals surface area contributed by atoms with Crippen LogP contribution in [0.25, 0.3) is 0 Å². The molecule has 0 saturated carbocycles. The SMILES string of the molecule is CCOCCOc1ccc(CC(C)(C)N)cn1. The van der Waals surface area contributed by atoms with E-state index in [1.165, 1.54) is 0 Å². The average Bonchev–Trinajstić information content (AvgIpc) is 2.25. The molecule has 0 aliphatic heterocycles. The Morgan fingerprint density at radius 3 is 2.59 bits per heavy atom. The van der Waals surface area contributed by atoms with Crippen LogP contribution < -0.4 is 10.5 Å². The van der Waals surface area contributed by atoms with E-state index in [1.54, 1.807) is 0 Å². The van der Waals surface area contributed by atoms with Gasteiger partial charge in [-0.25, -0.2) is 4.98 Å². The van der Waals surface area contributed by atoms with Crippen LogP contribution in [0.15, 0.2) is 18.3 Å². The van der Waals surface area contributed by atoms with Crippen molar-refractivity contribution in [3.8, 4) is 5.88 Å². The van der Waals surface area contributed by atoms with Crippen LogP contribution in [-0.4, -0.2) is 30.3 Å². The Morgan fingerprint density at radius 2 is 2.06 bits per heavy atom. The molecule has 2 N–H and O–H groups in total. The van der Waals surface area contributed by atoms with Crippen LogP contribution >= 0.6 is 0 Å². The molecule has 0 aliphatic rings. The highest BCUT2D eigenvalue weighted by Gasteiger charge is 2.11. The molecule has 0 amide bonds. The van der Waals surface area contributed by atoms with Crippen molar-refractivity contribution < 1.29 is 9.47 Å². The van der Waals surface area contributed by atoms with Gasteiger partial charge in [0.05, 0.1) is 6.61 Å². The second-order valence-corrected chi connectivity index (χ2v) is 4.72. The standard InChI is InChI=1S/C13H22N2O2/c1-4-16-7-8-17-12-6-5-11(10-15-12)9-13(2,3)14/h5-6,10H,4,7-9,14H2,1-3H3. The van der Waals surface area contributed by atoms with Crippen molar-refractivity contribution in [2.75, 3.05) is 19.8 Å². The first-order valence-corrected chi connectivity index (χ1v) is 5.95. The molecule has 0 saturated heterocycles. The topological polar surface area (TPSA) is 57.4 Å².